The molecule has 1 atom stereocenters. The number of carbonyl (C=O) groups is 2. The summed E-state index contributed by atoms with van der Waals surface area (Å²) in [5, 5.41) is 3.62. The van der Waals surface area contributed by atoms with Crippen LogP contribution in [0.5, 0.6) is 5.75 Å². The lowest BCUT2D eigenvalue weighted by Gasteiger charge is -2.16. The molecule has 6 nitrogen and oxygen atoms in total. The van der Waals surface area contributed by atoms with Crippen LogP contribution in [0.15, 0.2) is 34.7 Å². The minimum Gasteiger partial charge on any atom is -0.497 e. The number of ether oxygens (including phenoxy) is 2. The fourth-order valence-electron chi connectivity index (χ4n) is 3.39. The van der Waals surface area contributed by atoms with Crippen LogP contribution in [0.2, 0.25) is 0 Å². The Morgan fingerprint density at radius 2 is 1.69 bits per heavy atom. The van der Waals surface area contributed by atoms with Crippen molar-refractivity contribution in [2.45, 2.75) is 40.7 Å². The molecule has 0 unspecified atom stereocenters. The Morgan fingerprint density at radius 3 is 2.31 bits per heavy atom. The molecule has 1 N–H and O–H groups in total. The highest BCUT2D eigenvalue weighted by molar-refractivity contribution is 6.00. The van der Waals surface area contributed by atoms with Gasteiger partial charge in [-0.1, -0.05) is 17.7 Å². The number of hydrogen-bond donors (Lipinski definition) is 1. The first-order valence-electron chi connectivity index (χ1n) is 9.38. The average molecular weight is 395 g/mol. The summed E-state index contributed by atoms with van der Waals surface area (Å²) in [5.41, 5.74) is 4.96. The number of carbonyl (C=O) groups excluding carboxylic acids is 2. The van der Waals surface area contributed by atoms with Crippen molar-refractivity contribution in [3.8, 4) is 5.75 Å². The molecule has 1 aromatic heterocycles. The third kappa shape index (κ3) is 4.11. The maximum atomic E-state index is 12.6. The van der Waals surface area contributed by atoms with Gasteiger partial charge >= 0.3 is 5.97 Å². The number of nitrogens with one attached hydrogen (secondary N) is 1. The largest absolute Gasteiger partial charge is 0.497 e. The molecule has 6 heteroatoms. The van der Waals surface area contributed by atoms with Gasteiger partial charge in [0.25, 0.3) is 5.91 Å². The number of hydrogen-bond acceptors (Lipinski definition) is 5. The summed E-state index contributed by atoms with van der Waals surface area (Å²) in [5.74, 6) is -0.338. The smallest absolute Gasteiger partial charge is 0.375 e. The van der Waals surface area contributed by atoms with Crippen LogP contribution >= 0.6 is 0 Å². The van der Waals surface area contributed by atoms with E-state index in [1.807, 2.05) is 32.9 Å². The van der Waals surface area contributed by atoms with E-state index in [-0.39, 0.29) is 5.76 Å². The van der Waals surface area contributed by atoms with E-state index in [4.69, 9.17) is 13.9 Å². The van der Waals surface area contributed by atoms with Crippen molar-refractivity contribution in [1.82, 2.24) is 0 Å². The van der Waals surface area contributed by atoms with Gasteiger partial charge in [-0.25, -0.2) is 4.79 Å². The van der Waals surface area contributed by atoms with Crippen LogP contribution in [0.25, 0.3) is 11.0 Å². The molecule has 0 radical (unpaired) electrons. The summed E-state index contributed by atoms with van der Waals surface area (Å²) >= 11 is 0. The zero-order valence-corrected chi connectivity index (χ0v) is 17.5. The quantitative estimate of drug-likeness (QED) is 0.624. The van der Waals surface area contributed by atoms with Crippen LogP contribution in [0.3, 0.4) is 0 Å². The summed E-state index contributed by atoms with van der Waals surface area (Å²) in [7, 11) is 1.57. The maximum Gasteiger partial charge on any atom is 0.375 e. The van der Waals surface area contributed by atoms with Crippen molar-refractivity contribution < 1.29 is 23.5 Å². The predicted molar refractivity (Wildman–Crippen MR) is 112 cm³/mol. The van der Waals surface area contributed by atoms with Crippen molar-refractivity contribution >= 4 is 28.5 Å². The van der Waals surface area contributed by atoms with E-state index in [1.165, 1.54) is 6.92 Å². The van der Waals surface area contributed by atoms with Gasteiger partial charge in [0.2, 0.25) is 5.76 Å². The van der Waals surface area contributed by atoms with Crippen molar-refractivity contribution in [2.75, 3.05) is 12.4 Å². The van der Waals surface area contributed by atoms with E-state index in [0.29, 0.717) is 16.9 Å². The third-order valence-corrected chi connectivity index (χ3v) is 4.91. The highest BCUT2D eigenvalue weighted by atomic mass is 16.6. The van der Waals surface area contributed by atoms with Crippen molar-refractivity contribution in [3.05, 3.63) is 58.3 Å². The van der Waals surface area contributed by atoms with E-state index in [1.54, 1.807) is 32.2 Å². The minimum atomic E-state index is -0.982. The lowest BCUT2D eigenvalue weighted by atomic mass is 10.0. The summed E-state index contributed by atoms with van der Waals surface area (Å²) in [6.45, 7) is 9.16. The van der Waals surface area contributed by atoms with E-state index >= 15 is 0 Å². The summed E-state index contributed by atoms with van der Waals surface area (Å²) in [6, 6.07) is 9.26. The standard InChI is InChI=1S/C23H25NO5/c1-12-9-13(2)20(14(3)10-12)24-22(25)16(5)28-23(26)21-15(4)18-11-17(27-6)7-8-19(18)29-21/h7-11,16H,1-6H3,(H,24,25)/t16-/m0/s1. The Morgan fingerprint density at radius 1 is 1.03 bits per heavy atom. The minimum absolute atomic E-state index is 0.0793. The Bertz CT molecular complexity index is 1070. The predicted octanol–water partition coefficient (Wildman–Crippen LogP) is 4.86. The molecule has 1 amide bonds. The van der Waals surface area contributed by atoms with E-state index in [9.17, 15) is 9.59 Å². The monoisotopic (exact) mass is 395 g/mol. The Hall–Kier alpha value is -3.28. The van der Waals surface area contributed by atoms with Crippen LogP contribution < -0.4 is 10.1 Å². The second-order valence-electron chi connectivity index (χ2n) is 7.23. The molecule has 0 saturated carbocycles. The molecule has 0 saturated heterocycles. The normalized spacial score (nSPS) is 11.9. The lowest BCUT2D eigenvalue weighted by Crippen LogP contribution is -2.30. The number of amides is 1. The molecule has 0 aliphatic carbocycles. The van der Waals surface area contributed by atoms with Gasteiger partial charge in [-0.2, -0.15) is 0 Å². The van der Waals surface area contributed by atoms with Gasteiger partial charge in [0, 0.05) is 16.6 Å². The number of fused-ring (bicyclic) bond motifs is 1. The molecule has 29 heavy (non-hydrogen) atoms. The number of anilines is 1. The van der Waals surface area contributed by atoms with Gasteiger partial charge in [0.05, 0.1) is 7.11 Å². The van der Waals surface area contributed by atoms with Crippen LogP contribution in [0.1, 0.15) is 39.7 Å². The molecule has 0 fully saturated rings. The number of furan rings is 1. The van der Waals surface area contributed by atoms with Crippen LogP contribution in [-0.4, -0.2) is 25.1 Å². The third-order valence-electron chi connectivity index (χ3n) is 4.91. The number of esters is 1. The van der Waals surface area contributed by atoms with Gasteiger partial charge in [0.1, 0.15) is 11.3 Å². The Kier molecular flexibility index (Phi) is 5.64. The van der Waals surface area contributed by atoms with Crippen molar-refractivity contribution in [1.29, 1.82) is 0 Å². The first-order chi connectivity index (χ1) is 13.7. The lowest BCUT2D eigenvalue weighted by molar-refractivity contribution is -0.123. The van der Waals surface area contributed by atoms with Crippen LogP contribution in [0, 0.1) is 27.7 Å². The van der Waals surface area contributed by atoms with Crippen molar-refractivity contribution in [3.63, 3.8) is 0 Å². The molecule has 0 spiro atoms. The molecule has 3 rings (SSSR count). The van der Waals surface area contributed by atoms with Gasteiger partial charge in [-0.05, 0) is 63.9 Å². The molecule has 1 heterocycles. The number of methoxy groups -OCH3 is 1. The van der Waals surface area contributed by atoms with Crippen LogP contribution in [0.4, 0.5) is 5.69 Å². The molecule has 0 bridgehead atoms. The molecule has 3 aromatic rings. The number of aryl methyl sites for hydroxylation is 4. The fourth-order valence-corrected chi connectivity index (χ4v) is 3.39. The molecule has 0 aliphatic heterocycles. The second kappa shape index (κ2) is 7.99. The SMILES string of the molecule is COc1ccc2oc(C(=O)O[C@@H](C)C(=O)Nc3c(C)cc(C)cc3C)c(C)c2c1. The first kappa shape index (κ1) is 20.5. The van der Waals surface area contributed by atoms with Gasteiger partial charge in [0.15, 0.2) is 6.10 Å². The Balaban J connectivity index is 1.76. The molecular formula is C23H25NO5. The number of rotatable bonds is 5. The molecule has 152 valence electrons. The highest BCUT2D eigenvalue weighted by Crippen LogP contribution is 2.29. The van der Waals surface area contributed by atoms with Gasteiger partial charge in [-0.3, -0.25) is 4.79 Å². The fraction of sp³-hybridized carbons (Fsp3) is 0.304. The van der Waals surface area contributed by atoms with E-state index in [0.717, 1.165) is 27.8 Å². The summed E-state index contributed by atoms with van der Waals surface area (Å²) in [4.78, 5) is 25.2. The Labute approximate surface area is 169 Å². The molecule has 2 aromatic carbocycles. The molecule has 0 aliphatic rings. The van der Waals surface area contributed by atoms with E-state index in [2.05, 4.69) is 5.32 Å². The summed E-state index contributed by atoms with van der Waals surface area (Å²) < 4.78 is 16.2. The summed E-state index contributed by atoms with van der Waals surface area (Å²) in [6.07, 6.45) is -0.982. The zero-order valence-electron chi connectivity index (χ0n) is 17.5. The van der Waals surface area contributed by atoms with Gasteiger partial charge in [-0.15, -0.1) is 0 Å². The van der Waals surface area contributed by atoms with Gasteiger partial charge < -0.3 is 19.2 Å². The maximum absolute atomic E-state index is 12.6. The van der Waals surface area contributed by atoms with E-state index < -0.39 is 18.0 Å². The first-order valence-corrected chi connectivity index (χ1v) is 9.38. The zero-order chi connectivity index (χ0) is 21.3. The molecular weight excluding hydrogens is 370 g/mol. The van der Waals surface area contributed by atoms with Crippen LogP contribution in [-0.2, 0) is 9.53 Å². The topological polar surface area (TPSA) is 77.8 Å². The average Bonchev–Trinajstić information content (AvgIpc) is 3.00. The van der Waals surface area contributed by atoms with Crippen molar-refractivity contribution in [2.24, 2.45) is 0 Å². The number of benzene rings is 2. The second-order valence-corrected chi connectivity index (χ2v) is 7.23. The highest BCUT2D eigenvalue weighted by Gasteiger charge is 2.25.